The minimum atomic E-state index is 0.0626. The van der Waals surface area contributed by atoms with Crippen LogP contribution in [0.4, 0.5) is 0 Å². The number of ether oxygens (including phenoxy) is 1. The Morgan fingerprint density at radius 1 is 1.57 bits per heavy atom. The number of hydrogen-bond donors (Lipinski definition) is 2. The fraction of sp³-hybridized carbons (Fsp3) is 0.900. The van der Waals surface area contributed by atoms with Crippen molar-refractivity contribution in [2.24, 2.45) is 5.92 Å². The zero-order valence-electron chi connectivity index (χ0n) is 8.58. The van der Waals surface area contributed by atoms with Crippen molar-refractivity contribution in [2.45, 2.75) is 31.9 Å². The molecule has 0 aromatic carbocycles. The summed E-state index contributed by atoms with van der Waals surface area (Å²) in [7, 11) is 0. The van der Waals surface area contributed by atoms with Crippen molar-refractivity contribution in [3.05, 3.63) is 0 Å². The van der Waals surface area contributed by atoms with Crippen LogP contribution in [0, 0.1) is 5.92 Å². The molecule has 0 bridgehead atoms. The molecule has 0 aromatic rings. The molecule has 3 unspecified atom stereocenters. The summed E-state index contributed by atoms with van der Waals surface area (Å²) in [5.41, 5.74) is 0. The maximum absolute atomic E-state index is 11.5. The highest BCUT2D eigenvalue weighted by Gasteiger charge is 2.27. The average molecular weight is 198 g/mol. The molecule has 2 saturated heterocycles. The van der Waals surface area contributed by atoms with E-state index in [0.717, 1.165) is 32.5 Å². The maximum atomic E-state index is 11.5. The van der Waals surface area contributed by atoms with Crippen LogP contribution < -0.4 is 10.6 Å². The van der Waals surface area contributed by atoms with Gasteiger partial charge in [0.1, 0.15) is 0 Å². The molecule has 2 fully saturated rings. The van der Waals surface area contributed by atoms with Gasteiger partial charge in [0.05, 0.1) is 12.1 Å². The Bertz CT molecular complexity index is 216. The van der Waals surface area contributed by atoms with E-state index in [1.165, 1.54) is 0 Å². The third kappa shape index (κ3) is 2.07. The van der Waals surface area contributed by atoms with Crippen LogP contribution in [0.15, 0.2) is 0 Å². The highest BCUT2D eigenvalue weighted by atomic mass is 16.5. The minimum absolute atomic E-state index is 0.0626. The molecule has 2 heterocycles. The highest BCUT2D eigenvalue weighted by molar-refractivity contribution is 5.82. The second kappa shape index (κ2) is 4.28. The van der Waals surface area contributed by atoms with Crippen LogP contribution in [0.5, 0.6) is 0 Å². The predicted molar refractivity (Wildman–Crippen MR) is 52.9 cm³/mol. The lowest BCUT2D eigenvalue weighted by molar-refractivity contribution is -0.124. The highest BCUT2D eigenvalue weighted by Crippen LogP contribution is 2.19. The summed E-state index contributed by atoms with van der Waals surface area (Å²) in [4.78, 5) is 11.5. The SMILES string of the molecule is CC1OCCC1CNC(=O)C1CCN1. The number of amides is 1. The molecule has 4 heteroatoms. The van der Waals surface area contributed by atoms with Crippen LogP contribution in [0.1, 0.15) is 19.8 Å². The summed E-state index contributed by atoms with van der Waals surface area (Å²) in [5, 5.41) is 6.06. The van der Waals surface area contributed by atoms with Crippen LogP contribution in [0.25, 0.3) is 0 Å². The first-order valence-corrected chi connectivity index (χ1v) is 5.40. The molecule has 1 amide bonds. The standard InChI is InChI=1S/C10H18N2O2/c1-7-8(3-5-14-7)6-12-10(13)9-2-4-11-9/h7-9,11H,2-6H2,1H3,(H,12,13). The smallest absolute Gasteiger partial charge is 0.237 e. The second-order valence-corrected chi connectivity index (χ2v) is 4.17. The Balaban J connectivity index is 1.68. The molecular formula is C10H18N2O2. The summed E-state index contributed by atoms with van der Waals surface area (Å²) in [5.74, 6) is 0.648. The van der Waals surface area contributed by atoms with Gasteiger partial charge in [-0.15, -0.1) is 0 Å². The van der Waals surface area contributed by atoms with Gasteiger partial charge in [0, 0.05) is 19.1 Å². The van der Waals surface area contributed by atoms with Gasteiger partial charge in [0.2, 0.25) is 5.91 Å². The molecule has 14 heavy (non-hydrogen) atoms. The molecular weight excluding hydrogens is 180 g/mol. The van der Waals surface area contributed by atoms with Crippen LogP contribution >= 0.6 is 0 Å². The molecule has 0 saturated carbocycles. The maximum Gasteiger partial charge on any atom is 0.237 e. The van der Waals surface area contributed by atoms with Gasteiger partial charge in [-0.05, 0) is 26.3 Å². The van der Waals surface area contributed by atoms with E-state index in [2.05, 4.69) is 17.6 Å². The van der Waals surface area contributed by atoms with Gasteiger partial charge < -0.3 is 15.4 Å². The number of hydrogen-bond acceptors (Lipinski definition) is 3. The lowest BCUT2D eigenvalue weighted by Crippen LogP contribution is -2.53. The van der Waals surface area contributed by atoms with Crippen LogP contribution in [-0.2, 0) is 9.53 Å². The number of carbonyl (C=O) groups is 1. The Labute approximate surface area is 84.4 Å². The molecule has 3 atom stereocenters. The quantitative estimate of drug-likeness (QED) is 0.665. The van der Waals surface area contributed by atoms with E-state index in [4.69, 9.17) is 4.74 Å². The van der Waals surface area contributed by atoms with Crippen molar-refractivity contribution >= 4 is 5.91 Å². The lowest BCUT2D eigenvalue weighted by atomic mass is 10.0. The van der Waals surface area contributed by atoms with Gasteiger partial charge in [0.15, 0.2) is 0 Å². The van der Waals surface area contributed by atoms with Crippen molar-refractivity contribution in [1.29, 1.82) is 0 Å². The first-order valence-electron chi connectivity index (χ1n) is 5.40. The predicted octanol–water partition coefficient (Wildman–Crippen LogP) is -0.110. The molecule has 0 aromatic heterocycles. The third-order valence-corrected chi connectivity index (χ3v) is 3.21. The van der Waals surface area contributed by atoms with E-state index in [0.29, 0.717) is 12.0 Å². The summed E-state index contributed by atoms with van der Waals surface area (Å²) >= 11 is 0. The summed E-state index contributed by atoms with van der Waals surface area (Å²) in [6.07, 6.45) is 2.34. The van der Waals surface area contributed by atoms with Gasteiger partial charge in [-0.2, -0.15) is 0 Å². The fourth-order valence-corrected chi connectivity index (χ4v) is 1.91. The van der Waals surface area contributed by atoms with E-state index in [-0.39, 0.29) is 11.9 Å². The van der Waals surface area contributed by atoms with Gasteiger partial charge >= 0.3 is 0 Å². The fourth-order valence-electron chi connectivity index (χ4n) is 1.91. The average Bonchev–Trinajstić information content (AvgIpc) is 2.44. The molecule has 2 aliphatic rings. The number of carbonyl (C=O) groups excluding carboxylic acids is 1. The van der Waals surface area contributed by atoms with Crippen molar-refractivity contribution in [1.82, 2.24) is 10.6 Å². The van der Waals surface area contributed by atoms with E-state index >= 15 is 0 Å². The summed E-state index contributed by atoms with van der Waals surface area (Å²) < 4.78 is 5.43. The Morgan fingerprint density at radius 2 is 2.36 bits per heavy atom. The topological polar surface area (TPSA) is 50.4 Å². The van der Waals surface area contributed by atoms with Gasteiger partial charge in [-0.25, -0.2) is 0 Å². The van der Waals surface area contributed by atoms with E-state index in [1.807, 2.05) is 0 Å². The zero-order valence-corrected chi connectivity index (χ0v) is 8.58. The molecule has 2 aliphatic heterocycles. The Hall–Kier alpha value is -0.610. The van der Waals surface area contributed by atoms with Crippen LogP contribution in [0.3, 0.4) is 0 Å². The van der Waals surface area contributed by atoms with Crippen LogP contribution in [0.2, 0.25) is 0 Å². The van der Waals surface area contributed by atoms with E-state index < -0.39 is 0 Å². The Morgan fingerprint density at radius 3 is 2.86 bits per heavy atom. The van der Waals surface area contributed by atoms with Crippen molar-refractivity contribution < 1.29 is 9.53 Å². The summed E-state index contributed by atoms with van der Waals surface area (Å²) in [6.45, 7) is 4.65. The molecule has 2 N–H and O–H groups in total. The van der Waals surface area contributed by atoms with E-state index in [1.54, 1.807) is 0 Å². The minimum Gasteiger partial charge on any atom is -0.378 e. The van der Waals surface area contributed by atoms with E-state index in [9.17, 15) is 4.79 Å². The molecule has 0 radical (unpaired) electrons. The molecule has 0 spiro atoms. The monoisotopic (exact) mass is 198 g/mol. The van der Waals surface area contributed by atoms with Crippen LogP contribution in [-0.4, -0.2) is 37.7 Å². The first-order chi connectivity index (χ1) is 6.77. The zero-order chi connectivity index (χ0) is 9.97. The normalized spacial score (nSPS) is 36.5. The second-order valence-electron chi connectivity index (χ2n) is 4.17. The third-order valence-electron chi connectivity index (χ3n) is 3.21. The van der Waals surface area contributed by atoms with Gasteiger partial charge in [-0.3, -0.25) is 4.79 Å². The Kier molecular flexibility index (Phi) is 3.03. The molecule has 4 nitrogen and oxygen atoms in total. The molecule has 2 rings (SSSR count). The number of nitrogens with one attached hydrogen (secondary N) is 2. The van der Waals surface area contributed by atoms with Gasteiger partial charge in [0.25, 0.3) is 0 Å². The van der Waals surface area contributed by atoms with Gasteiger partial charge in [-0.1, -0.05) is 0 Å². The lowest BCUT2D eigenvalue weighted by Gasteiger charge is -2.27. The van der Waals surface area contributed by atoms with Crippen molar-refractivity contribution in [3.8, 4) is 0 Å². The first kappa shape index (κ1) is 9.93. The molecule has 0 aliphatic carbocycles. The molecule has 80 valence electrons. The number of rotatable bonds is 3. The van der Waals surface area contributed by atoms with Crippen molar-refractivity contribution in [3.63, 3.8) is 0 Å². The summed E-state index contributed by atoms with van der Waals surface area (Å²) in [6, 6.07) is 0.0626. The largest absolute Gasteiger partial charge is 0.378 e. The van der Waals surface area contributed by atoms with Crippen molar-refractivity contribution in [2.75, 3.05) is 19.7 Å².